The Labute approximate surface area is 146 Å². The van der Waals surface area contributed by atoms with Gasteiger partial charge in [-0.15, -0.1) is 0 Å². The van der Waals surface area contributed by atoms with Crippen molar-refractivity contribution in [3.63, 3.8) is 0 Å². The van der Waals surface area contributed by atoms with E-state index >= 15 is 0 Å². The standard InChI is InChI=1S/C17H33N5O2/c1-14(2)20(4)8-7-19-17(18-3)22-11-9-21(10-12-22)16(23)15-6-5-13-24-15/h14-15H,5-13H2,1-4H3,(H,18,19). The number of hydrogen-bond acceptors (Lipinski definition) is 4. The van der Waals surface area contributed by atoms with E-state index in [1.807, 2.05) is 11.9 Å². The zero-order valence-electron chi connectivity index (χ0n) is 15.6. The lowest BCUT2D eigenvalue weighted by Crippen LogP contribution is -2.55. The average Bonchev–Trinajstić information content (AvgIpc) is 3.12. The number of guanidine groups is 1. The molecule has 7 heteroatoms. The first kappa shape index (κ1) is 19.0. The van der Waals surface area contributed by atoms with E-state index in [9.17, 15) is 4.79 Å². The van der Waals surface area contributed by atoms with Crippen LogP contribution in [0.5, 0.6) is 0 Å². The maximum absolute atomic E-state index is 12.4. The molecule has 2 saturated heterocycles. The third-order valence-corrected chi connectivity index (χ3v) is 4.94. The van der Waals surface area contributed by atoms with Gasteiger partial charge in [0.25, 0.3) is 5.91 Å². The molecule has 0 saturated carbocycles. The SMILES string of the molecule is CN=C(NCCN(C)C(C)C)N1CCN(C(=O)C2CCCO2)CC1. The van der Waals surface area contributed by atoms with Gasteiger partial charge in [0.05, 0.1) is 0 Å². The van der Waals surface area contributed by atoms with E-state index in [4.69, 9.17) is 4.74 Å². The van der Waals surface area contributed by atoms with E-state index in [0.29, 0.717) is 6.04 Å². The Morgan fingerprint density at radius 2 is 1.96 bits per heavy atom. The Morgan fingerprint density at radius 1 is 1.29 bits per heavy atom. The molecule has 2 aliphatic rings. The molecule has 0 radical (unpaired) electrons. The molecule has 2 rings (SSSR count). The zero-order chi connectivity index (χ0) is 17.5. The minimum atomic E-state index is -0.208. The van der Waals surface area contributed by atoms with Gasteiger partial charge in [0.2, 0.25) is 0 Å². The van der Waals surface area contributed by atoms with Gasteiger partial charge in [-0.05, 0) is 33.7 Å². The van der Waals surface area contributed by atoms with Crippen molar-refractivity contribution in [1.82, 2.24) is 20.0 Å². The van der Waals surface area contributed by atoms with Crippen molar-refractivity contribution in [2.45, 2.75) is 38.8 Å². The predicted molar refractivity (Wildman–Crippen MR) is 96.3 cm³/mol. The molecule has 1 unspecified atom stereocenters. The zero-order valence-corrected chi connectivity index (χ0v) is 15.6. The maximum atomic E-state index is 12.4. The minimum Gasteiger partial charge on any atom is -0.368 e. The van der Waals surface area contributed by atoms with Crippen LogP contribution in [-0.2, 0) is 9.53 Å². The fraction of sp³-hybridized carbons (Fsp3) is 0.882. The molecule has 24 heavy (non-hydrogen) atoms. The molecule has 0 bridgehead atoms. The van der Waals surface area contributed by atoms with Gasteiger partial charge in [-0.2, -0.15) is 0 Å². The highest BCUT2D eigenvalue weighted by Crippen LogP contribution is 2.16. The molecule has 7 nitrogen and oxygen atoms in total. The van der Waals surface area contributed by atoms with Crippen LogP contribution < -0.4 is 5.32 Å². The molecule has 2 aliphatic heterocycles. The number of carbonyl (C=O) groups excluding carboxylic acids is 1. The van der Waals surface area contributed by atoms with E-state index in [1.165, 1.54) is 0 Å². The first-order valence-corrected chi connectivity index (χ1v) is 9.09. The van der Waals surface area contributed by atoms with E-state index < -0.39 is 0 Å². The van der Waals surface area contributed by atoms with Gasteiger partial charge in [-0.1, -0.05) is 0 Å². The van der Waals surface area contributed by atoms with Crippen LogP contribution in [0.2, 0.25) is 0 Å². The summed E-state index contributed by atoms with van der Waals surface area (Å²) in [7, 11) is 3.95. The molecule has 1 N–H and O–H groups in total. The van der Waals surface area contributed by atoms with Crippen LogP contribution in [0.4, 0.5) is 0 Å². The van der Waals surface area contributed by atoms with Crippen LogP contribution in [0, 0.1) is 0 Å². The quantitative estimate of drug-likeness (QED) is 0.574. The van der Waals surface area contributed by atoms with Gasteiger partial charge in [0.1, 0.15) is 6.10 Å². The molecular weight excluding hydrogens is 306 g/mol. The number of nitrogens with zero attached hydrogens (tertiary/aromatic N) is 4. The first-order valence-electron chi connectivity index (χ1n) is 9.09. The van der Waals surface area contributed by atoms with Crippen LogP contribution in [-0.4, -0.2) is 98.7 Å². The topological polar surface area (TPSA) is 60.4 Å². The van der Waals surface area contributed by atoms with Crippen LogP contribution in [0.15, 0.2) is 4.99 Å². The smallest absolute Gasteiger partial charge is 0.251 e. The summed E-state index contributed by atoms with van der Waals surface area (Å²) in [5.41, 5.74) is 0. The number of hydrogen-bond donors (Lipinski definition) is 1. The van der Waals surface area contributed by atoms with Crippen molar-refractivity contribution in [2.24, 2.45) is 4.99 Å². The highest BCUT2D eigenvalue weighted by Gasteiger charge is 2.30. The van der Waals surface area contributed by atoms with E-state index in [0.717, 1.165) is 64.7 Å². The van der Waals surface area contributed by atoms with Crippen LogP contribution >= 0.6 is 0 Å². The predicted octanol–water partition coefficient (Wildman–Crippen LogP) is 0.225. The lowest BCUT2D eigenvalue weighted by molar-refractivity contribution is -0.142. The summed E-state index contributed by atoms with van der Waals surface area (Å²) in [6.07, 6.45) is 1.66. The van der Waals surface area contributed by atoms with Crippen LogP contribution in [0.3, 0.4) is 0 Å². The number of nitrogens with one attached hydrogen (secondary N) is 1. The second kappa shape index (κ2) is 9.22. The number of likely N-dealkylation sites (N-methyl/N-ethyl adjacent to an activating group) is 1. The summed E-state index contributed by atoms with van der Waals surface area (Å²) < 4.78 is 5.51. The summed E-state index contributed by atoms with van der Waals surface area (Å²) in [6.45, 7) is 10.1. The summed E-state index contributed by atoms with van der Waals surface area (Å²) in [5.74, 6) is 1.09. The highest BCUT2D eigenvalue weighted by molar-refractivity contribution is 5.82. The Bertz CT molecular complexity index is 427. The Hall–Kier alpha value is -1.34. The number of rotatable bonds is 5. The van der Waals surface area contributed by atoms with Crippen LogP contribution in [0.25, 0.3) is 0 Å². The second-order valence-electron chi connectivity index (χ2n) is 6.86. The highest BCUT2D eigenvalue weighted by atomic mass is 16.5. The third-order valence-electron chi connectivity index (χ3n) is 4.94. The molecule has 1 atom stereocenters. The van der Waals surface area contributed by atoms with Gasteiger partial charge >= 0.3 is 0 Å². The van der Waals surface area contributed by atoms with E-state index in [-0.39, 0.29) is 12.0 Å². The lowest BCUT2D eigenvalue weighted by Gasteiger charge is -2.37. The second-order valence-corrected chi connectivity index (χ2v) is 6.86. The molecule has 0 aliphatic carbocycles. The molecule has 0 aromatic carbocycles. The number of amides is 1. The normalized spacial score (nSPS) is 22.6. The van der Waals surface area contributed by atoms with Crippen molar-refractivity contribution >= 4 is 11.9 Å². The van der Waals surface area contributed by atoms with Gasteiger partial charge in [-0.25, -0.2) is 0 Å². The molecule has 1 amide bonds. The Kier molecular flexibility index (Phi) is 7.30. The fourth-order valence-corrected chi connectivity index (χ4v) is 3.05. The molecular formula is C17H33N5O2. The lowest BCUT2D eigenvalue weighted by atomic mass is 10.2. The van der Waals surface area contributed by atoms with Crippen molar-refractivity contribution < 1.29 is 9.53 Å². The van der Waals surface area contributed by atoms with Crippen molar-refractivity contribution in [1.29, 1.82) is 0 Å². The molecule has 0 aromatic heterocycles. The minimum absolute atomic E-state index is 0.161. The molecule has 0 spiro atoms. The largest absolute Gasteiger partial charge is 0.368 e. The fourth-order valence-electron chi connectivity index (χ4n) is 3.05. The first-order chi connectivity index (χ1) is 11.5. The summed E-state index contributed by atoms with van der Waals surface area (Å²) >= 11 is 0. The number of carbonyl (C=O) groups is 1. The molecule has 2 heterocycles. The Balaban J connectivity index is 1.74. The third kappa shape index (κ3) is 5.08. The molecule has 2 fully saturated rings. The van der Waals surface area contributed by atoms with Crippen LogP contribution in [0.1, 0.15) is 26.7 Å². The summed E-state index contributed by atoms with van der Waals surface area (Å²) in [5, 5.41) is 3.43. The number of aliphatic imine (C=N–C) groups is 1. The Morgan fingerprint density at radius 3 is 2.50 bits per heavy atom. The van der Waals surface area contributed by atoms with Gasteiger partial charge < -0.3 is 24.8 Å². The number of piperazine rings is 1. The van der Waals surface area contributed by atoms with E-state index in [2.05, 4.69) is 41.0 Å². The molecule has 0 aromatic rings. The molecule has 138 valence electrons. The monoisotopic (exact) mass is 339 g/mol. The van der Waals surface area contributed by atoms with Crippen molar-refractivity contribution in [3.05, 3.63) is 0 Å². The summed E-state index contributed by atoms with van der Waals surface area (Å²) in [6, 6.07) is 0.543. The van der Waals surface area contributed by atoms with Crippen molar-refractivity contribution in [3.8, 4) is 0 Å². The van der Waals surface area contributed by atoms with Crippen molar-refractivity contribution in [2.75, 3.05) is 60.0 Å². The average molecular weight is 339 g/mol. The van der Waals surface area contributed by atoms with E-state index in [1.54, 1.807) is 0 Å². The summed E-state index contributed by atoms with van der Waals surface area (Å²) in [4.78, 5) is 23.2. The van der Waals surface area contributed by atoms with Gasteiger partial charge in [0, 0.05) is 59.0 Å². The van der Waals surface area contributed by atoms with Gasteiger partial charge in [0.15, 0.2) is 5.96 Å². The van der Waals surface area contributed by atoms with Gasteiger partial charge in [-0.3, -0.25) is 9.79 Å². The maximum Gasteiger partial charge on any atom is 0.251 e. The number of ether oxygens (including phenoxy) is 1.